The van der Waals surface area contributed by atoms with Crippen LogP contribution in [-0.4, -0.2) is 35.7 Å². The minimum atomic E-state index is -5.96. The average molecular weight is 256 g/mol. The maximum Gasteiger partial charge on any atom is 0.477 e. The first-order valence-corrected chi connectivity index (χ1v) is 3.83. The number of alkyl halides is 8. The number of hydrogen-bond acceptors (Lipinski definition) is 2. The van der Waals surface area contributed by atoms with E-state index >= 15 is 0 Å². The number of hydrogen-bond donors (Lipinski definition) is 0. The van der Waals surface area contributed by atoms with Gasteiger partial charge in [0.25, 0.3) is 0 Å². The molecular formula is C6H4F8N2. The molecule has 0 fully saturated rings. The Morgan fingerprint density at radius 1 is 0.938 bits per heavy atom. The molecule has 0 saturated carbocycles. The zero-order valence-corrected chi connectivity index (χ0v) is 7.33. The summed E-state index contributed by atoms with van der Waals surface area (Å²) in [7, 11) is 0. The summed E-state index contributed by atoms with van der Waals surface area (Å²) in [6.07, 6.45) is -11.9. The van der Waals surface area contributed by atoms with E-state index < -0.39 is 42.1 Å². The molecule has 0 aromatic carbocycles. The second-order valence-corrected chi connectivity index (χ2v) is 2.96. The highest BCUT2D eigenvalue weighted by Crippen LogP contribution is 2.40. The third-order valence-corrected chi connectivity index (χ3v) is 1.79. The lowest BCUT2D eigenvalue weighted by molar-refractivity contribution is -0.339. The molecule has 1 aliphatic heterocycles. The van der Waals surface area contributed by atoms with Crippen molar-refractivity contribution in [1.82, 2.24) is 5.01 Å². The molecule has 0 aliphatic carbocycles. The molecule has 0 N–H and O–H groups in total. The van der Waals surface area contributed by atoms with Gasteiger partial charge in [-0.15, -0.1) is 0 Å². The Morgan fingerprint density at radius 3 is 1.75 bits per heavy atom. The zero-order chi connectivity index (χ0) is 12.8. The van der Waals surface area contributed by atoms with E-state index in [9.17, 15) is 35.1 Å². The highest BCUT2D eigenvalue weighted by molar-refractivity contribution is 5.90. The van der Waals surface area contributed by atoms with Crippen molar-refractivity contribution < 1.29 is 35.1 Å². The van der Waals surface area contributed by atoms with E-state index in [4.69, 9.17) is 0 Å². The molecule has 94 valence electrons. The van der Waals surface area contributed by atoms with E-state index in [0.29, 0.717) is 0 Å². The third-order valence-electron chi connectivity index (χ3n) is 1.79. The van der Waals surface area contributed by atoms with Gasteiger partial charge in [-0.3, -0.25) is 0 Å². The third kappa shape index (κ3) is 2.19. The van der Waals surface area contributed by atoms with Gasteiger partial charge in [-0.2, -0.15) is 40.2 Å². The Bertz CT molecular complexity index is 301. The van der Waals surface area contributed by atoms with Crippen LogP contribution in [0.1, 0.15) is 6.42 Å². The van der Waals surface area contributed by atoms with Gasteiger partial charge in [0.15, 0.2) is 0 Å². The van der Waals surface area contributed by atoms with Crippen molar-refractivity contribution in [3.05, 3.63) is 0 Å². The van der Waals surface area contributed by atoms with Crippen LogP contribution in [0.25, 0.3) is 0 Å². The van der Waals surface area contributed by atoms with E-state index in [1.54, 1.807) is 0 Å². The van der Waals surface area contributed by atoms with Crippen molar-refractivity contribution in [2.24, 2.45) is 5.10 Å². The first-order chi connectivity index (χ1) is 6.96. The van der Waals surface area contributed by atoms with Gasteiger partial charge in [-0.25, -0.2) is 5.01 Å². The highest BCUT2D eigenvalue weighted by Gasteiger charge is 2.63. The minimum absolute atomic E-state index is 0.893. The predicted molar refractivity (Wildman–Crippen MR) is 35.8 cm³/mol. The van der Waals surface area contributed by atoms with E-state index in [1.807, 2.05) is 0 Å². The SMILES string of the molecule is FC(F)(F)C1=NN(C(F)(F)C(F)(F)F)CC1. The van der Waals surface area contributed by atoms with Crippen LogP contribution in [0.4, 0.5) is 35.1 Å². The summed E-state index contributed by atoms with van der Waals surface area (Å²) in [6, 6.07) is -5.39. The molecule has 16 heavy (non-hydrogen) atoms. The molecule has 0 aromatic rings. The lowest BCUT2D eigenvalue weighted by atomic mass is 10.3. The molecule has 0 unspecified atom stereocenters. The average Bonchev–Trinajstić information content (AvgIpc) is 2.47. The van der Waals surface area contributed by atoms with Crippen LogP contribution in [0.5, 0.6) is 0 Å². The van der Waals surface area contributed by atoms with Crippen molar-refractivity contribution in [3.8, 4) is 0 Å². The maximum atomic E-state index is 12.5. The lowest BCUT2D eigenvalue weighted by Gasteiger charge is -2.26. The summed E-state index contributed by atoms with van der Waals surface area (Å²) in [5.74, 6) is 0. The quantitative estimate of drug-likeness (QED) is 0.520. The molecule has 1 rings (SSSR count). The van der Waals surface area contributed by atoms with Crippen LogP contribution in [0.3, 0.4) is 0 Å². The molecule has 0 spiro atoms. The maximum absolute atomic E-state index is 12.5. The Hall–Kier alpha value is -1.09. The van der Waals surface area contributed by atoms with Gasteiger partial charge in [0, 0.05) is 13.0 Å². The molecule has 2 nitrogen and oxygen atoms in total. The Kier molecular flexibility index (Phi) is 2.80. The van der Waals surface area contributed by atoms with Crippen molar-refractivity contribution in [3.63, 3.8) is 0 Å². The molecule has 0 amide bonds. The highest BCUT2D eigenvalue weighted by atomic mass is 19.4. The summed E-state index contributed by atoms with van der Waals surface area (Å²) < 4.78 is 96.2. The zero-order valence-electron chi connectivity index (χ0n) is 7.33. The Morgan fingerprint density at radius 2 is 1.44 bits per heavy atom. The van der Waals surface area contributed by atoms with Crippen LogP contribution in [0, 0.1) is 0 Å². The lowest BCUT2D eigenvalue weighted by Crippen LogP contribution is -2.48. The number of hydrazone groups is 1. The van der Waals surface area contributed by atoms with Gasteiger partial charge >= 0.3 is 18.4 Å². The first kappa shape index (κ1) is 13.0. The number of halogens is 8. The van der Waals surface area contributed by atoms with Crippen molar-refractivity contribution >= 4 is 5.71 Å². The van der Waals surface area contributed by atoms with E-state index in [-0.39, 0.29) is 0 Å². The fourth-order valence-electron chi connectivity index (χ4n) is 1.01. The predicted octanol–water partition coefficient (Wildman–Crippen LogP) is 2.77. The molecule has 0 radical (unpaired) electrons. The van der Waals surface area contributed by atoms with E-state index in [1.165, 1.54) is 0 Å². The molecule has 0 bridgehead atoms. The fourth-order valence-corrected chi connectivity index (χ4v) is 1.01. The van der Waals surface area contributed by atoms with Gasteiger partial charge < -0.3 is 0 Å². The molecule has 0 aromatic heterocycles. The second-order valence-electron chi connectivity index (χ2n) is 2.96. The van der Waals surface area contributed by atoms with E-state index in [0.717, 1.165) is 0 Å². The van der Waals surface area contributed by atoms with Crippen molar-refractivity contribution in [1.29, 1.82) is 0 Å². The largest absolute Gasteiger partial charge is 0.477 e. The van der Waals surface area contributed by atoms with Crippen molar-refractivity contribution in [2.75, 3.05) is 6.54 Å². The van der Waals surface area contributed by atoms with Crippen LogP contribution in [0.2, 0.25) is 0 Å². The molecule has 0 atom stereocenters. The molecule has 0 saturated heterocycles. The van der Waals surface area contributed by atoms with Crippen LogP contribution >= 0.6 is 0 Å². The summed E-state index contributed by atoms with van der Waals surface area (Å²) >= 11 is 0. The standard InChI is InChI=1S/C6H4F8N2/c7-4(8,9)3-1-2-16(15-3)6(13,14)5(10,11)12/h1-2H2. The smallest absolute Gasteiger partial charge is 0.226 e. The summed E-state index contributed by atoms with van der Waals surface area (Å²) in [4.78, 5) is 0. The van der Waals surface area contributed by atoms with E-state index in [2.05, 4.69) is 5.10 Å². The van der Waals surface area contributed by atoms with Crippen LogP contribution in [0.15, 0.2) is 5.10 Å². The Balaban J connectivity index is 2.92. The molecule has 1 heterocycles. The summed E-state index contributed by atoms with van der Waals surface area (Å²) in [6.45, 7) is -1.12. The van der Waals surface area contributed by atoms with Crippen molar-refractivity contribution in [2.45, 2.75) is 24.8 Å². The number of nitrogens with zero attached hydrogens (tertiary/aromatic N) is 2. The summed E-state index contributed by atoms with van der Waals surface area (Å²) in [5.41, 5.74) is -1.64. The topological polar surface area (TPSA) is 15.6 Å². The molecule has 10 heteroatoms. The summed E-state index contributed by atoms with van der Waals surface area (Å²) in [5, 5.41) is 1.36. The molecular weight excluding hydrogens is 252 g/mol. The molecule has 1 aliphatic rings. The Labute approximate surface area is 83.5 Å². The van der Waals surface area contributed by atoms with Gasteiger partial charge in [0.1, 0.15) is 5.71 Å². The first-order valence-electron chi connectivity index (χ1n) is 3.83. The van der Waals surface area contributed by atoms with Crippen LogP contribution in [-0.2, 0) is 0 Å². The monoisotopic (exact) mass is 256 g/mol. The normalized spacial score (nSPS) is 19.0. The van der Waals surface area contributed by atoms with Gasteiger partial charge in [0.05, 0.1) is 0 Å². The van der Waals surface area contributed by atoms with Gasteiger partial charge in [-0.1, -0.05) is 0 Å². The van der Waals surface area contributed by atoms with Gasteiger partial charge in [0.2, 0.25) is 0 Å². The minimum Gasteiger partial charge on any atom is -0.226 e. The van der Waals surface area contributed by atoms with Gasteiger partial charge in [-0.05, 0) is 0 Å². The fraction of sp³-hybridized carbons (Fsp3) is 0.833. The van der Waals surface area contributed by atoms with Crippen LogP contribution < -0.4 is 0 Å². The number of rotatable bonds is 1. The second kappa shape index (κ2) is 3.45.